The first-order valence-corrected chi connectivity index (χ1v) is 6.84. The van der Waals surface area contributed by atoms with Gasteiger partial charge in [-0.25, -0.2) is 0 Å². The van der Waals surface area contributed by atoms with Crippen molar-refractivity contribution in [3.63, 3.8) is 0 Å². The Labute approximate surface area is 111 Å². The Bertz CT molecular complexity index is 519. The van der Waals surface area contributed by atoms with Gasteiger partial charge in [-0.1, -0.05) is 24.6 Å². The summed E-state index contributed by atoms with van der Waals surface area (Å²) < 4.78 is 0. The highest BCUT2D eigenvalue weighted by atomic mass is 35.5. The Morgan fingerprint density at radius 3 is 2.65 bits per heavy atom. The molecular formula is C14H15ClOS. The zero-order chi connectivity index (χ0) is 12.4. The van der Waals surface area contributed by atoms with Gasteiger partial charge in [0, 0.05) is 14.8 Å². The number of aryl methyl sites for hydroxylation is 2. The molecule has 0 aliphatic carbocycles. The zero-order valence-electron chi connectivity index (χ0n) is 9.90. The van der Waals surface area contributed by atoms with Crippen molar-refractivity contribution in [2.75, 3.05) is 0 Å². The van der Waals surface area contributed by atoms with Crippen LogP contribution in [0.25, 0.3) is 0 Å². The molecule has 0 saturated heterocycles. The number of hydrogen-bond acceptors (Lipinski definition) is 2. The van der Waals surface area contributed by atoms with Crippen LogP contribution in [0, 0.1) is 6.92 Å². The van der Waals surface area contributed by atoms with E-state index >= 15 is 0 Å². The summed E-state index contributed by atoms with van der Waals surface area (Å²) in [4.78, 5) is 2.29. The normalized spacial score (nSPS) is 12.7. The molecule has 1 atom stereocenters. The van der Waals surface area contributed by atoms with Crippen LogP contribution in [0.4, 0.5) is 0 Å². The summed E-state index contributed by atoms with van der Waals surface area (Å²) in [6.45, 7) is 4.09. The molecule has 1 unspecified atom stereocenters. The van der Waals surface area contributed by atoms with Crippen LogP contribution in [-0.2, 0) is 6.42 Å². The predicted molar refractivity (Wildman–Crippen MR) is 73.9 cm³/mol. The summed E-state index contributed by atoms with van der Waals surface area (Å²) in [5.74, 6) is 0. The minimum atomic E-state index is -0.544. The largest absolute Gasteiger partial charge is 0.383 e. The molecular weight excluding hydrogens is 252 g/mol. The fourth-order valence-electron chi connectivity index (χ4n) is 1.83. The molecule has 17 heavy (non-hydrogen) atoms. The lowest BCUT2D eigenvalue weighted by Crippen LogP contribution is -1.99. The highest BCUT2D eigenvalue weighted by Gasteiger charge is 2.14. The van der Waals surface area contributed by atoms with Gasteiger partial charge in [-0.05, 0) is 48.7 Å². The summed E-state index contributed by atoms with van der Waals surface area (Å²) >= 11 is 7.58. The third-order valence-corrected chi connectivity index (χ3v) is 4.34. The number of aliphatic hydroxyl groups is 1. The molecule has 0 fully saturated rings. The molecule has 1 nitrogen and oxygen atoms in total. The van der Waals surface area contributed by atoms with E-state index in [-0.39, 0.29) is 0 Å². The van der Waals surface area contributed by atoms with E-state index < -0.39 is 6.10 Å². The fraction of sp³-hybridized carbons (Fsp3) is 0.286. The van der Waals surface area contributed by atoms with E-state index in [0.29, 0.717) is 5.02 Å². The molecule has 2 rings (SSSR count). The van der Waals surface area contributed by atoms with Gasteiger partial charge in [-0.2, -0.15) is 0 Å². The zero-order valence-corrected chi connectivity index (χ0v) is 11.5. The Kier molecular flexibility index (Phi) is 3.87. The maximum atomic E-state index is 10.3. The Morgan fingerprint density at radius 1 is 1.29 bits per heavy atom. The van der Waals surface area contributed by atoms with Gasteiger partial charge in [0.2, 0.25) is 0 Å². The van der Waals surface area contributed by atoms with Crippen LogP contribution in [0.15, 0.2) is 30.3 Å². The van der Waals surface area contributed by atoms with E-state index in [1.165, 1.54) is 4.88 Å². The molecule has 1 aromatic heterocycles. The third-order valence-electron chi connectivity index (χ3n) is 2.83. The first kappa shape index (κ1) is 12.6. The van der Waals surface area contributed by atoms with Crippen molar-refractivity contribution < 1.29 is 5.11 Å². The highest BCUT2D eigenvalue weighted by Crippen LogP contribution is 2.31. The molecule has 1 aromatic carbocycles. The average molecular weight is 267 g/mol. The second kappa shape index (κ2) is 5.21. The van der Waals surface area contributed by atoms with Crippen molar-refractivity contribution in [2.45, 2.75) is 26.4 Å². The highest BCUT2D eigenvalue weighted by molar-refractivity contribution is 7.12. The van der Waals surface area contributed by atoms with Crippen LogP contribution in [0.2, 0.25) is 5.02 Å². The SMILES string of the molecule is CCc1ccc(C(O)c2ccc(Cl)cc2C)s1. The molecule has 90 valence electrons. The molecule has 0 radical (unpaired) electrons. The standard InChI is InChI=1S/C14H15ClOS/c1-3-11-5-7-13(17-11)14(16)12-6-4-10(15)8-9(12)2/h4-8,14,16H,3H2,1-2H3. The van der Waals surface area contributed by atoms with Gasteiger partial charge in [0.15, 0.2) is 0 Å². The number of rotatable bonds is 3. The Balaban J connectivity index is 2.33. The molecule has 0 aliphatic heterocycles. The summed E-state index contributed by atoms with van der Waals surface area (Å²) in [5, 5.41) is 11.0. The number of benzene rings is 1. The third kappa shape index (κ3) is 2.71. The predicted octanol–water partition coefficient (Wildman–Crippen LogP) is 4.35. The lowest BCUT2D eigenvalue weighted by molar-refractivity contribution is 0.223. The molecule has 0 bridgehead atoms. The molecule has 1 heterocycles. The lowest BCUT2D eigenvalue weighted by atomic mass is 10.0. The molecule has 0 aliphatic rings. The van der Waals surface area contributed by atoms with Crippen molar-refractivity contribution in [3.8, 4) is 0 Å². The maximum absolute atomic E-state index is 10.3. The minimum absolute atomic E-state index is 0.544. The van der Waals surface area contributed by atoms with Gasteiger partial charge >= 0.3 is 0 Å². The maximum Gasteiger partial charge on any atom is 0.113 e. The monoisotopic (exact) mass is 266 g/mol. The van der Waals surface area contributed by atoms with Crippen LogP contribution >= 0.6 is 22.9 Å². The quantitative estimate of drug-likeness (QED) is 0.875. The van der Waals surface area contributed by atoms with Gasteiger partial charge in [0.1, 0.15) is 6.10 Å². The van der Waals surface area contributed by atoms with Gasteiger partial charge in [0.25, 0.3) is 0 Å². The van der Waals surface area contributed by atoms with Gasteiger partial charge in [0.05, 0.1) is 0 Å². The van der Waals surface area contributed by atoms with Crippen LogP contribution < -0.4 is 0 Å². The van der Waals surface area contributed by atoms with Crippen molar-refractivity contribution in [2.24, 2.45) is 0 Å². The minimum Gasteiger partial charge on any atom is -0.383 e. The van der Waals surface area contributed by atoms with E-state index in [1.807, 2.05) is 31.2 Å². The van der Waals surface area contributed by atoms with Crippen molar-refractivity contribution in [1.82, 2.24) is 0 Å². The Morgan fingerprint density at radius 2 is 2.06 bits per heavy atom. The van der Waals surface area contributed by atoms with Crippen molar-refractivity contribution in [3.05, 3.63) is 56.2 Å². The molecule has 0 saturated carbocycles. The second-order valence-electron chi connectivity index (χ2n) is 4.06. The van der Waals surface area contributed by atoms with E-state index in [2.05, 4.69) is 13.0 Å². The van der Waals surface area contributed by atoms with Crippen LogP contribution in [0.3, 0.4) is 0 Å². The molecule has 0 spiro atoms. The smallest absolute Gasteiger partial charge is 0.113 e. The molecule has 3 heteroatoms. The van der Waals surface area contributed by atoms with Gasteiger partial charge < -0.3 is 5.11 Å². The van der Waals surface area contributed by atoms with Crippen LogP contribution in [0.5, 0.6) is 0 Å². The van der Waals surface area contributed by atoms with Crippen molar-refractivity contribution in [1.29, 1.82) is 0 Å². The fourth-order valence-corrected chi connectivity index (χ4v) is 3.02. The Hall–Kier alpha value is -0.830. The van der Waals surface area contributed by atoms with E-state index in [1.54, 1.807) is 11.3 Å². The van der Waals surface area contributed by atoms with Crippen molar-refractivity contribution >= 4 is 22.9 Å². The molecule has 2 aromatic rings. The van der Waals surface area contributed by atoms with E-state index in [9.17, 15) is 5.11 Å². The lowest BCUT2D eigenvalue weighted by Gasteiger charge is -2.12. The first-order chi connectivity index (χ1) is 8.11. The van der Waals surface area contributed by atoms with Crippen LogP contribution in [0.1, 0.15) is 33.9 Å². The summed E-state index contributed by atoms with van der Waals surface area (Å²) in [5.41, 5.74) is 1.95. The summed E-state index contributed by atoms with van der Waals surface area (Å²) in [6, 6.07) is 9.68. The van der Waals surface area contributed by atoms with Gasteiger partial charge in [-0.3, -0.25) is 0 Å². The molecule has 1 N–H and O–H groups in total. The number of thiophene rings is 1. The van der Waals surface area contributed by atoms with Crippen LogP contribution in [-0.4, -0.2) is 5.11 Å². The topological polar surface area (TPSA) is 20.2 Å². The van der Waals surface area contributed by atoms with E-state index in [4.69, 9.17) is 11.6 Å². The average Bonchev–Trinajstić information content (AvgIpc) is 2.76. The second-order valence-corrected chi connectivity index (χ2v) is 5.70. The summed E-state index contributed by atoms with van der Waals surface area (Å²) in [7, 11) is 0. The molecule has 0 amide bonds. The first-order valence-electron chi connectivity index (χ1n) is 5.64. The number of aliphatic hydroxyl groups excluding tert-OH is 1. The van der Waals surface area contributed by atoms with Gasteiger partial charge in [-0.15, -0.1) is 11.3 Å². The number of hydrogen-bond donors (Lipinski definition) is 1. The summed E-state index contributed by atoms with van der Waals surface area (Å²) in [6.07, 6.45) is 0.467. The van der Waals surface area contributed by atoms with E-state index in [0.717, 1.165) is 22.4 Å². The number of halogens is 1.